The summed E-state index contributed by atoms with van der Waals surface area (Å²) < 4.78 is 57.7. The lowest BCUT2D eigenvalue weighted by Crippen LogP contribution is -2.66. The fourth-order valence-electron chi connectivity index (χ4n) is 14.5. The molecule has 0 bridgehead atoms. The average molecular weight is 1650 g/mol. The van der Waals surface area contributed by atoms with Crippen molar-refractivity contribution in [2.24, 2.45) is 46.8 Å². The SMILES string of the molecule is CC[C@H]1O[C@H](OC2[C@@H](C)C[C@@H](CC(=O)N(C)CCNC(=O)OCc3ccccc3)[C@H](O[C@H]3O[C@H](CO)[C@@H](O)[C@H](N)[C@H]3O)[C@H]2O)[C@H](C)[C@@H](O)[C@@H]1O.CC[C@H]1O[C@H](OC2[C@@H](C)C[C@@H](N)[C@H](O[C@H]3O[C@H](CO)[C@@H](O)[C@H](N)[C@H]3O)[C@H]2O)[C@H](C)[C@@H](O)[C@@H]1O.O=C(NCCN(OC(=O)c1ccccc1)C(=O)ON1C(=O)CCC1=O)OCc1ccccc1. The summed E-state index contributed by atoms with van der Waals surface area (Å²) in [4.78, 5) is 97.1. The van der Waals surface area contributed by atoms with Gasteiger partial charge in [0, 0.05) is 63.8 Å². The number of carbonyl (C=O) groups excluding carboxylic acids is 7. The van der Waals surface area contributed by atoms with Gasteiger partial charge in [0.25, 0.3) is 11.8 Å². The Kier molecular flexibility index (Phi) is 36.2. The van der Waals surface area contributed by atoms with Crippen LogP contribution in [-0.2, 0) is 84.6 Å². The Labute approximate surface area is 670 Å². The molecule has 30 atom stereocenters. The Morgan fingerprint density at radius 2 is 0.905 bits per heavy atom. The lowest BCUT2D eigenvalue weighted by Gasteiger charge is -2.49. The van der Waals surface area contributed by atoms with Crippen LogP contribution >= 0.6 is 0 Å². The normalized spacial score (nSPS) is 35.8. The van der Waals surface area contributed by atoms with Crippen molar-refractivity contribution >= 4 is 42.0 Å². The van der Waals surface area contributed by atoms with E-state index in [2.05, 4.69) is 10.6 Å². The zero-order valence-electron chi connectivity index (χ0n) is 65.8. The first-order valence-corrected chi connectivity index (χ1v) is 39.0. The van der Waals surface area contributed by atoms with Crippen LogP contribution in [0.2, 0.25) is 0 Å². The molecule has 116 heavy (non-hydrogen) atoms. The molecule has 2 aliphatic carbocycles. The van der Waals surface area contributed by atoms with Crippen LogP contribution in [0.1, 0.15) is 108 Å². The number of ether oxygens (including phenoxy) is 10. The number of aliphatic hydroxyl groups is 12. The van der Waals surface area contributed by atoms with E-state index in [9.17, 15) is 94.8 Å². The van der Waals surface area contributed by atoms with Crippen LogP contribution in [0.25, 0.3) is 0 Å². The van der Waals surface area contributed by atoms with E-state index < -0.39 is 220 Å². The number of nitrogens with two attached hydrogens (primary N) is 3. The molecule has 650 valence electrons. The number of aliphatic hydroxyl groups excluding tert-OH is 12. The van der Waals surface area contributed by atoms with Gasteiger partial charge >= 0.3 is 24.2 Å². The van der Waals surface area contributed by atoms with Gasteiger partial charge in [0.15, 0.2) is 25.2 Å². The molecule has 5 aliphatic heterocycles. The van der Waals surface area contributed by atoms with E-state index in [4.69, 9.17) is 74.2 Å². The molecular weight excluding hydrogens is 1530 g/mol. The number of alkyl carbamates (subject to hydrolysis) is 2. The third kappa shape index (κ3) is 24.7. The molecule has 3 aromatic rings. The molecule has 7 aliphatic rings. The van der Waals surface area contributed by atoms with Crippen molar-refractivity contribution in [3.05, 3.63) is 108 Å². The predicted octanol–water partition coefficient (Wildman–Crippen LogP) is -2.26. The molecule has 0 aromatic heterocycles. The summed E-state index contributed by atoms with van der Waals surface area (Å²) >= 11 is 0. The van der Waals surface area contributed by atoms with Gasteiger partial charge in [-0.2, -0.15) is 0 Å². The minimum Gasteiger partial charge on any atom is -0.445 e. The van der Waals surface area contributed by atoms with Crippen LogP contribution in [0, 0.1) is 29.6 Å². The number of rotatable bonds is 26. The van der Waals surface area contributed by atoms with Gasteiger partial charge in [-0.05, 0) is 66.7 Å². The number of hydrogen-bond acceptors (Lipinski definition) is 34. The highest BCUT2D eigenvalue weighted by Crippen LogP contribution is 2.41. The van der Waals surface area contributed by atoms with Gasteiger partial charge in [-0.1, -0.05) is 120 Å². The Morgan fingerprint density at radius 1 is 0.500 bits per heavy atom. The van der Waals surface area contributed by atoms with Crippen molar-refractivity contribution in [2.45, 2.75) is 253 Å². The first kappa shape index (κ1) is 94.1. The molecule has 3 aromatic carbocycles. The molecule has 5 saturated heterocycles. The molecule has 20 N–H and O–H groups in total. The highest BCUT2D eigenvalue weighted by molar-refractivity contribution is 6.01. The van der Waals surface area contributed by atoms with E-state index in [1.54, 1.807) is 70.3 Å². The van der Waals surface area contributed by atoms with Gasteiger partial charge in [0.2, 0.25) is 5.91 Å². The van der Waals surface area contributed by atoms with E-state index >= 15 is 0 Å². The Morgan fingerprint density at radius 3 is 1.35 bits per heavy atom. The molecule has 0 spiro atoms. The summed E-state index contributed by atoms with van der Waals surface area (Å²) in [5.41, 5.74) is 19.9. The molecular formula is C77H116N8O31. The fourth-order valence-corrected chi connectivity index (χ4v) is 14.5. The third-order valence-electron chi connectivity index (χ3n) is 21.7. The quantitative estimate of drug-likeness (QED) is 0.0298. The van der Waals surface area contributed by atoms with Gasteiger partial charge in [-0.15, -0.1) is 10.1 Å². The van der Waals surface area contributed by atoms with Crippen LogP contribution < -0.4 is 27.8 Å². The molecule has 7 fully saturated rings. The summed E-state index contributed by atoms with van der Waals surface area (Å²) in [6.07, 6.45) is -25.9. The average Bonchev–Trinajstić information content (AvgIpc) is 0.805. The second-order valence-electron chi connectivity index (χ2n) is 30.2. The number of imide groups is 1. The highest BCUT2D eigenvalue weighted by atomic mass is 16.8. The molecule has 2 unspecified atom stereocenters. The predicted molar refractivity (Wildman–Crippen MR) is 400 cm³/mol. The Balaban J connectivity index is 0.000000225. The van der Waals surface area contributed by atoms with Crippen molar-refractivity contribution in [3.63, 3.8) is 0 Å². The van der Waals surface area contributed by atoms with E-state index in [-0.39, 0.29) is 82.0 Å². The monoisotopic (exact) mass is 1650 g/mol. The number of nitrogens with zero attached hydrogens (tertiary/aromatic N) is 3. The molecule has 2 saturated carbocycles. The van der Waals surface area contributed by atoms with Gasteiger partial charge in [0.1, 0.15) is 80.4 Å². The number of amides is 6. The minimum absolute atomic E-state index is 0.0423. The summed E-state index contributed by atoms with van der Waals surface area (Å²) in [5, 5.41) is 131. The van der Waals surface area contributed by atoms with Crippen molar-refractivity contribution in [1.82, 2.24) is 25.7 Å². The smallest absolute Gasteiger partial charge is 0.445 e. The lowest BCUT2D eigenvalue weighted by atomic mass is 9.74. The zero-order valence-corrected chi connectivity index (χ0v) is 65.8. The number of likely N-dealkylation sites (N-methyl/N-ethyl adjacent to an activating group) is 1. The second kappa shape index (κ2) is 44.6. The summed E-state index contributed by atoms with van der Waals surface area (Å²) in [5.74, 6) is -4.91. The molecule has 0 radical (unpaired) electrons. The van der Waals surface area contributed by atoms with Crippen LogP contribution in [0.4, 0.5) is 14.4 Å². The number of hydrogen-bond donors (Lipinski definition) is 17. The van der Waals surface area contributed by atoms with Crippen molar-refractivity contribution in [1.29, 1.82) is 0 Å². The summed E-state index contributed by atoms with van der Waals surface area (Å²) in [7, 11) is 1.58. The molecule has 39 heteroatoms. The maximum atomic E-state index is 13.5. The Hall–Kier alpha value is -7.37. The largest absolute Gasteiger partial charge is 0.468 e. The van der Waals surface area contributed by atoms with Crippen molar-refractivity contribution in [3.8, 4) is 0 Å². The molecule has 10 rings (SSSR count). The van der Waals surface area contributed by atoms with Gasteiger partial charge in [-0.25, -0.2) is 19.2 Å². The number of hydroxylamine groups is 4. The first-order chi connectivity index (χ1) is 55.2. The Bertz CT molecular complexity index is 3490. The first-order valence-electron chi connectivity index (χ1n) is 39.0. The van der Waals surface area contributed by atoms with Crippen LogP contribution in [0.5, 0.6) is 0 Å². The number of carbonyl (C=O) groups is 7. The molecule has 39 nitrogen and oxygen atoms in total. The van der Waals surface area contributed by atoms with E-state index in [0.717, 1.165) is 11.1 Å². The maximum absolute atomic E-state index is 13.5. The molecule has 5 heterocycles. The van der Waals surface area contributed by atoms with E-state index in [1.165, 1.54) is 17.0 Å². The van der Waals surface area contributed by atoms with Gasteiger partial charge in [-0.3, -0.25) is 14.4 Å². The minimum atomic E-state index is -1.53. The van der Waals surface area contributed by atoms with E-state index in [0.29, 0.717) is 35.8 Å². The standard InChI is InChI=1S/C34H55N3O13.C22H21N3O8.C21H40N2O10/c1-5-21-27(42)25(40)18(3)32(47-21)49-30-17(2)13-20(31(29(30)44)50-33-28(43)24(35)26(41)22(15-38)48-33)14-23(39)37(4)12-11-36-34(45)46-16-19-9-7-6-8-10-19;26-18-11-12-19(27)25(18)33-22(30)24(32-20(28)17-9-5-2-6-10-17)14-13-23-21(29)31-15-16-7-3-1-4-8-16;1-4-10-15(27)13(25)8(3)20(30-10)32-18-7(2)5-9(22)19(17(18)29)33-21-16(28)12(23)14(26)11(6-24)31-21/h6-10,17-18,20-22,24-33,38,40-44H,5,11-16,35H2,1-4H3,(H,36,45);1-10H,11-15H2,(H,23,29);7-21,24-29H,4-6,22-23H2,1-3H3/t17-,18+,20-,21+,22+,24-,25+,26+,27+,28+,29-,30?,31-,32+,33+;;7-,8+,9+,10+,11+,12-,13+,14+,15+,16+,17-,18?,19-,20+,21+/m0.0/s1. The lowest BCUT2D eigenvalue weighted by molar-refractivity contribution is -0.332. The fraction of sp³-hybridized carbons (Fsp3) is 0.675. The zero-order chi connectivity index (χ0) is 84.9. The van der Waals surface area contributed by atoms with Crippen LogP contribution in [0.15, 0.2) is 91.0 Å². The van der Waals surface area contributed by atoms with Crippen LogP contribution in [-0.4, -0.2) is 318 Å². The van der Waals surface area contributed by atoms with Crippen molar-refractivity contribution < 1.29 is 152 Å². The maximum Gasteiger partial charge on any atom is 0.468 e. The van der Waals surface area contributed by atoms with Gasteiger partial charge < -0.3 is 151 Å². The molecule has 6 amide bonds. The van der Waals surface area contributed by atoms with Crippen LogP contribution in [0.3, 0.4) is 0 Å². The topological polar surface area (TPSA) is 585 Å². The third-order valence-corrected chi connectivity index (χ3v) is 21.7. The van der Waals surface area contributed by atoms with Crippen molar-refractivity contribution in [2.75, 3.05) is 46.4 Å². The number of nitrogens with one attached hydrogen (secondary N) is 2. The highest BCUT2D eigenvalue weighted by Gasteiger charge is 2.54. The summed E-state index contributed by atoms with van der Waals surface area (Å²) in [6, 6.07) is 23.1. The van der Waals surface area contributed by atoms with Gasteiger partial charge in [0.05, 0.1) is 80.1 Å². The second-order valence-corrected chi connectivity index (χ2v) is 30.2. The van der Waals surface area contributed by atoms with E-state index in [1.807, 2.05) is 57.2 Å². The summed E-state index contributed by atoms with van der Waals surface area (Å²) in [6.45, 7) is 9.47. The number of benzene rings is 3.